The van der Waals surface area contributed by atoms with Crippen molar-refractivity contribution in [3.05, 3.63) is 64.7 Å². The molecule has 112 valence electrons. The van der Waals surface area contributed by atoms with E-state index in [-0.39, 0.29) is 0 Å². The average molecular weight is 322 g/mol. The van der Waals surface area contributed by atoms with E-state index in [1.807, 2.05) is 37.3 Å². The number of aryl methyl sites for hydroxylation is 1. The van der Waals surface area contributed by atoms with E-state index in [0.717, 1.165) is 27.7 Å². The molecule has 0 aliphatic carbocycles. The first-order valence-electron chi connectivity index (χ1n) is 7.12. The molecular weight excluding hydrogens is 310 g/mol. The van der Waals surface area contributed by atoms with Gasteiger partial charge in [-0.3, -0.25) is 4.99 Å². The predicted molar refractivity (Wildman–Crippen MR) is 91.7 cm³/mol. The number of hydrogen-bond donors (Lipinski definition) is 0. The molecule has 0 fully saturated rings. The fraction of sp³-hybridized carbons (Fsp3) is 0.0588. The Morgan fingerprint density at radius 3 is 2.91 bits per heavy atom. The van der Waals surface area contributed by atoms with Gasteiger partial charge < -0.3 is 0 Å². The summed E-state index contributed by atoms with van der Waals surface area (Å²) in [6, 6.07) is 15.6. The Hall–Kier alpha value is -2.79. The smallest absolute Gasteiger partial charge is 0.188 e. The quantitative estimate of drug-likeness (QED) is 0.524. The summed E-state index contributed by atoms with van der Waals surface area (Å²) in [4.78, 5) is 4.47. The number of nitrogens with zero attached hydrogens (tertiary/aromatic N) is 5. The first-order valence-corrected chi connectivity index (χ1v) is 7.49. The SMILES string of the molecule is Cc1ccc2cc(C=Nc3cccc(Cl)c3)c3nnnn3c2c1. The summed E-state index contributed by atoms with van der Waals surface area (Å²) >= 11 is 5.99. The van der Waals surface area contributed by atoms with E-state index < -0.39 is 0 Å². The molecule has 0 unspecified atom stereocenters. The second kappa shape index (κ2) is 5.44. The van der Waals surface area contributed by atoms with Crippen LogP contribution in [0.2, 0.25) is 5.02 Å². The highest BCUT2D eigenvalue weighted by Crippen LogP contribution is 2.21. The molecule has 0 radical (unpaired) electrons. The van der Waals surface area contributed by atoms with Gasteiger partial charge in [-0.15, -0.1) is 5.10 Å². The zero-order valence-corrected chi connectivity index (χ0v) is 13.1. The Morgan fingerprint density at radius 2 is 2.04 bits per heavy atom. The lowest BCUT2D eigenvalue weighted by atomic mass is 10.1. The van der Waals surface area contributed by atoms with Crippen molar-refractivity contribution in [2.75, 3.05) is 0 Å². The van der Waals surface area contributed by atoms with Gasteiger partial charge in [-0.2, -0.15) is 4.52 Å². The lowest BCUT2D eigenvalue weighted by molar-refractivity contribution is 0.841. The van der Waals surface area contributed by atoms with Gasteiger partial charge in [-0.1, -0.05) is 29.8 Å². The normalized spacial score (nSPS) is 11.7. The number of pyridine rings is 1. The molecule has 0 saturated carbocycles. The lowest BCUT2D eigenvalue weighted by Gasteiger charge is -2.04. The van der Waals surface area contributed by atoms with Crippen molar-refractivity contribution in [3.63, 3.8) is 0 Å². The molecule has 0 atom stereocenters. The molecule has 0 N–H and O–H groups in total. The Morgan fingerprint density at radius 1 is 1.13 bits per heavy atom. The number of aromatic nitrogens is 4. The molecule has 0 aliphatic heterocycles. The second-order valence-corrected chi connectivity index (χ2v) is 5.75. The summed E-state index contributed by atoms with van der Waals surface area (Å²) in [7, 11) is 0. The van der Waals surface area contributed by atoms with Gasteiger partial charge in [0, 0.05) is 22.2 Å². The molecule has 0 bridgehead atoms. The van der Waals surface area contributed by atoms with Gasteiger partial charge in [0.1, 0.15) is 0 Å². The molecule has 0 aliphatic rings. The molecule has 0 saturated heterocycles. The zero-order valence-electron chi connectivity index (χ0n) is 12.3. The standard InChI is InChI=1S/C17H12ClN5/c1-11-5-6-12-8-13(10-19-15-4-2-3-14(18)9-15)17-20-21-22-23(17)16(12)7-11/h2-10H,1H3. The van der Waals surface area contributed by atoms with Gasteiger partial charge in [-0.05, 0) is 53.2 Å². The lowest BCUT2D eigenvalue weighted by Crippen LogP contribution is -1.96. The Kier molecular flexibility index (Phi) is 3.28. The van der Waals surface area contributed by atoms with E-state index in [4.69, 9.17) is 11.6 Å². The maximum Gasteiger partial charge on any atom is 0.188 e. The highest BCUT2D eigenvalue weighted by atomic mass is 35.5. The third kappa shape index (κ3) is 2.55. The van der Waals surface area contributed by atoms with E-state index in [2.05, 4.69) is 38.7 Å². The van der Waals surface area contributed by atoms with Crippen molar-refractivity contribution >= 4 is 40.1 Å². The molecular formula is C17H12ClN5. The van der Waals surface area contributed by atoms with Crippen molar-refractivity contribution < 1.29 is 0 Å². The van der Waals surface area contributed by atoms with Crippen LogP contribution >= 0.6 is 11.6 Å². The molecule has 5 nitrogen and oxygen atoms in total. The van der Waals surface area contributed by atoms with Crippen LogP contribution in [0.5, 0.6) is 0 Å². The van der Waals surface area contributed by atoms with Crippen LogP contribution < -0.4 is 0 Å². The predicted octanol–water partition coefficient (Wildman–Crippen LogP) is 3.99. The van der Waals surface area contributed by atoms with Crippen LogP contribution in [-0.4, -0.2) is 26.3 Å². The minimum absolute atomic E-state index is 0.655. The summed E-state index contributed by atoms with van der Waals surface area (Å²) in [5.41, 5.74) is 4.45. The van der Waals surface area contributed by atoms with Crippen molar-refractivity contribution in [3.8, 4) is 0 Å². The number of tetrazole rings is 1. The summed E-state index contributed by atoms with van der Waals surface area (Å²) < 4.78 is 1.74. The van der Waals surface area contributed by atoms with Crippen LogP contribution in [0.3, 0.4) is 0 Å². The number of aliphatic imine (C=N–C) groups is 1. The highest BCUT2D eigenvalue weighted by molar-refractivity contribution is 6.30. The monoisotopic (exact) mass is 321 g/mol. The van der Waals surface area contributed by atoms with E-state index in [1.54, 1.807) is 10.7 Å². The van der Waals surface area contributed by atoms with Gasteiger partial charge in [0.25, 0.3) is 0 Å². The zero-order chi connectivity index (χ0) is 15.8. The van der Waals surface area contributed by atoms with E-state index >= 15 is 0 Å². The van der Waals surface area contributed by atoms with Crippen molar-refractivity contribution in [1.82, 2.24) is 20.0 Å². The van der Waals surface area contributed by atoms with Gasteiger partial charge in [0.2, 0.25) is 0 Å². The average Bonchev–Trinajstić information content (AvgIpc) is 3.03. The molecule has 2 aromatic carbocycles. The summed E-state index contributed by atoms with van der Waals surface area (Å²) in [5, 5.41) is 13.7. The summed E-state index contributed by atoms with van der Waals surface area (Å²) in [5.74, 6) is 0. The van der Waals surface area contributed by atoms with Gasteiger partial charge in [0.05, 0.1) is 11.2 Å². The van der Waals surface area contributed by atoms with E-state index in [1.165, 1.54) is 0 Å². The topological polar surface area (TPSA) is 55.4 Å². The number of fused-ring (bicyclic) bond motifs is 3. The minimum atomic E-state index is 0.655. The second-order valence-electron chi connectivity index (χ2n) is 5.31. The van der Waals surface area contributed by atoms with Crippen molar-refractivity contribution in [1.29, 1.82) is 0 Å². The highest BCUT2D eigenvalue weighted by Gasteiger charge is 2.08. The maximum absolute atomic E-state index is 5.99. The molecule has 4 aromatic rings. The van der Waals surface area contributed by atoms with Crippen LogP contribution in [0.4, 0.5) is 5.69 Å². The number of benzene rings is 2. The summed E-state index contributed by atoms with van der Waals surface area (Å²) in [6.45, 7) is 2.05. The maximum atomic E-state index is 5.99. The van der Waals surface area contributed by atoms with Crippen LogP contribution in [0.25, 0.3) is 16.6 Å². The number of halogens is 1. The largest absolute Gasteiger partial charge is 0.256 e. The number of hydrogen-bond acceptors (Lipinski definition) is 4. The minimum Gasteiger partial charge on any atom is -0.256 e. The molecule has 0 spiro atoms. The van der Waals surface area contributed by atoms with Gasteiger partial charge in [-0.25, -0.2) is 0 Å². The molecule has 23 heavy (non-hydrogen) atoms. The molecule has 2 heterocycles. The molecule has 2 aromatic heterocycles. The Balaban J connectivity index is 1.89. The molecule has 0 amide bonds. The van der Waals surface area contributed by atoms with Crippen molar-refractivity contribution in [2.24, 2.45) is 4.99 Å². The van der Waals surface area contributed by atoms with Crippen molar-refractivity contribution in [2.45, 2.75) is 6.92 Å². The van der Waals surface area contributed by atoms with Gasteiger partial charge in [0.15, 0.2) is 5.65 Å². The van der Waals surface area contributed by atoms with Crippen LogP contribution in [0, 0.1) is 6.92 Å². The van der Waals surface area contributed by atoms with Crippen LogP contribution in [-0.2, 0) is 0 Å². The fourth-order valence-corrected chi connectivity index (χ4v) is 2.70. The molecule has 6 heteroatoms. The van der Waals surface area contributed by atoms with E-state index in [0.29, 0.717) is 10.7 Å². The van der Waals surface area contributed by atoms with E-state index in [9.17, 15) is 0 Å². The number of rotatable bonds is 2. The fourth-order valence-electron chi connectivity index (χ4n) is 2.52. The summed E-state index contributed by atoms with van der Waals surface area (Å²) in [6.07, 6.45) is 1.76. The van der Waals surface area contributed by atoms with Crippen LogP contribution in [0.1, 0.15) is 11.1 Å². The van der Waals surface area contributed by atoms with Crippen LogP contribution in [0.15, 0.2) is 53.5 Å². The Labute approximate surface area is 137 Å². The first kappa shape index (κ1) is 13.8. The third-order valence-corrected chi connectivity index (χ3v) is 3.85. The third-order valence-electron chi connectivity index (χ3n) is 3.61. The van der Waals surface area contributed by atoms with Gasteiger partial charge >= 0.3 is 0 Å². The Bertz CT molecular complexity index is 1050. The molecule has 4 rings (SSSR count). The first-order chi connectivity index (χ1) is 11.2.